The fourth-order valence-electron chi connectivity index (χ4n) is 2.53. The zero-order valence-electron chi connectivity index (χ0n) is 12.1. The Morgan fingerprint density at radius 2 is 1.57 bits per heavy atom. The second kappa shape index (κ2) is 5.98. The fourth-order valence-corrected chi connectivity index (χ4v) is 2.53. The van der Waals surface area contributed by atoms with Crippen LogP contribution in [0.4, 0.5) is 0 Å². The topological polar surface area (TPSA) is 39.2 Å². The molecule has 0 aliphatic carbocycles. The first-order valence-electron chi connectivity index (χ1n) is 7.16. The molecule has 2 nitrogen and oxygen atoms in total. The first-order valence-corrected chi connectivity index (χ1v) is 7.16. The van der Waals surface area contributed by atoms with Crippen LogP contribution in [0.5, 0.6) is 0 Å². The summed E-state index contributed by atoms with van der Waals surface area (Å²) < 4.78 is 5.48. The predicted octanol–water partition coefficient (Wildman–Crippen LogP) is 4.23. The van der Waals surface area contributed by atoms with Gasteiger partial charge in [-0.3, -0.25) is 0 Å². The fraction of sp³-hybridized carbons (Fsp3) is 0.158. The quantitative estimate of drug-likeness (QED) is 0.775. The maximum absolute atomic E-state index is 6.27. The molecule has 0 spiro atoms. The standard InChI is InChI=1S/C19H19NO/c1-14-11-12-21-19(14)18(20)17-9-7-16(8-10-17)13-15-5-3-2-4-6-15/h2-12,18H,13,20H2,1H3. The highest BCUT2D eigenvalue weighted by molar-refractivity contribution is 5.34. The normalized spacial score (nSPS) is 12.3. The SMILES string of the molecule is Cc1ccoc1C(N)c1ccc(Cc2ccccc2)cc1. The number of benzene rings is 2. The Morgan fingerprint density at radius 3 is 2.19 bits per heavy atom. The van der Waals surface area contributed by atoms with E-state index in [4.69, 9.17) is 10.2 Å². The Balaban J connectivity index is 1.77. The first-order chi connectivity index (χ1) is 10.2. The van der Waals surface area contributed by atoms with Crippen LogP contribution < -0.4 is 5.73 Å². The highest BCUT2D eigenvalue weighted by Gasteiger charge is 2.14. The third-order valence-electron chi connectivity index (χ3n) is 3.77. The molecule has 21 heavy (non-hydrogen) atoms. The lowest BCUT2D eigenvalue weighted by Crippen LogP contribution is -2.12. The number of rotatable bonds is 4. The third kappa shape index (κ3) is 3.06. The van der Waals surface area contributed by atoms with E-state index in [9.17, 15) is 0 Å². The van der Waals surface area contributed by atoms with Crippen LogP contribution in [0.25, 0.3) is 0 Å². The largest absolute Gasteiger partial charge is 0.467 e. The van der Waals surface area contributed by atoms with E-state index in [2.05, 4.69) is 48.5 Å². The number of hydrogen-bond donors (Lipinski definition) is 1. The Morgan fingerprint density at radius 1 is 0.905 bits per heavy atom. The van der Waals surface area contributed by atoms with E-state index in [0.717, 1.165) is 23.3 Å². The summed E-state index contributed by atoms with van der Waals surface area (Å²) in [4.78, 5) is 0. The Hall–Kier alpha value is -2.32. The minimum absolute atomic E-state index is 0.203. The number of nitrogens with two attached hydrogens (primary N) is 1. The molecule has 1 atom stereocenters. The molecule has 1 aromatic heterocycles. The molecule has 0 amide bonds. The molecule has 3 aromatic rings. The summed E-state index contributed by atoms with van der Waals surface area (Å²) in [5.74, 6) is 0.839. The molecule has 1 unspecified atom stereocenters. The lowest BCUT2D eigenvalue weighted by atomic mass is 9.99. The van der Waals surface area contributed by atoms with Gasteiger partial charge in [0.2, 0.25) is 0 Å². The van der Waals surface area contributed by atoms with Gasteiger partial charge in [-0.25, -0.2) is 0 Å². The van der Waals surface area contributed by atoms with Crippen molar-refractivity contribution in [3.63, 3.8) is 0 Å². The van der Waals surface area contributed by atoms with Crippen LogP contribution in [0, 0.1) is 6.92 Å². The van der Waals surface area contributed by atoms with Gasteiger partial charge in [-0.1, -0.05) is 54.6 Å². The lowest BCUT2D eigenvalue weighted by molar-refractivity contribution is 0.487. The number of aryl methyl sites for hydroxylation is 1. The van der Waals surface area contributed by atoms with Crippen molar-refractivity contribution >= 4 is 0 Å². The maximum atomic E-state index is 6.27. The van der Waals surface area contributed by atoms with E-state index < -0.39 is 0 Å². The van der Waals surface area contributed by atoms with Gasteiger partial charge in [-0.05, 0) is 41.7 Å². The summed E-state index contributed by atoms with van der Waals surface area (Å²) in [6.07, 6.45) is 2.63. The molecule has 1 heterocycles. The highest BCUT2D eigenvalue weighted by Crippen LogP contribution is 2.24. The zero-order valence-corrected chi connectivity index (χ0v) is 12.1. The molecule has 0 saturated carbocycles. The molecule has 0 bridgehead atoms. The minimum atomic E-state index is -0.203. The van der Waals surface area contributed by atoms with E-state index in [1.165, 1.54) is 11.1 Å². The average molecular weight is 277 g/mol. The molecule has 2 heteroatoms. The van der Waals surface area contributed by atoms with Crippen molar-refractivity contribution in [3.05, 3.63) is 94.9 Å². The van der Waals surface area contributed by atoms with E-state index in [-0.39, 0.29) is 6.04 Å². The number of hydrogen-bond acceptors (Lipinski definition) is 2. The van der Waals surface area contributed by atoms with Crippen molar-refractivity contribution in [2.24, 2.45) is 5.73 Å². The lowest BCUT2D eigenvalue weighted by Gasteiger charge is -2.11. The van der Waals surface area contributed by atoms with Gasteiger partial charge < -0.3 is 10.2 Å². The van der Waals surface area contributed by atoms with Crippen LogP contribution in [-0.2, 0) is 6.42 Å². The zero-order chi connectivity index (χ0) is 14.7. The monoisotopic (exact) mass is 277 g/mol. The molecule has 0 saturated heterocycles. The van der Waals surface area contributed by atoms with Gasteiger partial charge in [0.25, 0.3) is 0 Å². The van der Waals surface area contributed by atoms with Crippen LogP contribution in [0.2, 0.25) is 0 Å². The van der Waals surface area contributed by atoms with Crippen LogP contribution >= 0.6 is 0 Å². The first kappa shape index (κ1) is 13.7. The van der Waals surface area contributed by atoms with E-state index in [0.29, 0.717) is 0 Å². The molecule has 0 fully saturated rings. The van der Waals surface area contributed by atoms with Gasteiger partial charge in [0.15, 0.2) is 0 Å². The third-order valence-corrected chi connectivity index (χ3v) is 3.77. The van der Waals surface area contributed by atoms with Crippen molar-refractivity contribution < 1.29 is 4.42 Å². The Bertz CT molecular complexity index is 698. The van der Waals surface area contributed by atoms with Gasteiger partial charge in [0.1, 0.15) is 5.76 Å². The van der Waals surface area contributed by atoms with Crippen LogP contribution in [0.3, 0.4) is 0 Å². The van der Waals surface area contributed by atoms with Crippen molar-refractivity contribution in [3.8, 4) is 0 Å². The van der Waals surface area contributed by atoms with Crippen molar-refractivity contribution in [2.45, 2.75) is 19.4 Å². The number of furan rings is 1. The maximum Gasteiger partial charge on any atom is 0.127 e. The van der Waals surface area contributed by atoms with Gasteiger partial charge in [0, 0.05) is 0 Å². The minimum Gasteiger partial charge on any atom is -0.467 e. The summed E-state index contributed by atoms with van der Waals surface area (Å²) in [5, 5.41) is 0. The van der Waals surface area contributed by atoms with Crippen LogP contribution in [-0.4, -0.2) is 0 Å². The van der Waals surface area contributed by atoms with Gasteiger partial charge in [-0.2, -0.15) is 0 Å². The van der Waals surface area contributed by atoms with Crippen molar-refractivity contribution in [1.82, 2.24) is 0 Å². The molecule has 0 aliphatic heterocycles. The molecule has 3 rings (SSSR count). The van der Waals surface area contributed by atoms with Gasteiger partial charge >= 0.3 is 0 Å². The smallest absolute Gasteiger partial charge is 0.127 e. The van der Waals surface area contributed by atoms with Crippen molar-refractivity contribution in [1.29, 1.82) is 0 Å². The molecule has 0 aliphatic rings. The van der Waals surface area contributed by atoms with Crippen LogP contribution in [0.1, 0.15) is 34.1 Å². The average Bonchev–Trinajstić information content (AvgIpc) is 2.94. The van der Waals surface area contributed by atoms with E-state index in [1.807, 2.05) is 19.1 Å². The molecule has 2 aromatic carbocycles. The molecular formula is C19H19NO. The molecule has 2 N–H and O–H groups in total. The second-order valence-corrected chi connectivity index (χ2v) is 5.35. The summed E-state index contributed by atoms with van der Waals surface area (Å²) in [5.41, 5.74) is 11.0. The Kier molecular flexibility index (Phi) is 3.89. The van der Waals surface area contributed by atoms with E-state index >= 15 is 0 Å². The second-order valence-electron chi connectivity index (χ2n) is 5.35. The Labute approximate surface area is 125 Å². The summed E-state index contributed by atoms with van der Waals surface area (Å²) in [6, 6.07) is 20.7. The van der Waals surface area contributed by atoms with Crippen molar-refractivity contribution in [2.75, 3.05) is 0 Å². The molecular weight excluding hydrogens is 258 g/mol. The summed E-state index contributed by atoms with van der Waals surface area (Å²) >= 11 is 0. The summed E-state index contributed by atoms with van der Waals surface area (Å²) in [7, 11) is 0. The molecule has 106 valence electrons. The summed E-state index contributed by atoms with van der Waals surface area (Å²) in [6.45, 7) is 2.02. The highest BCUT2D eigenvalue weighted by atomic mass is 16.3. The van der Waals surface area contributed by atoms with Gasteiger partial charge in [-0.15, -0.1) is 0 Å². The van der Waals surface area contributed by atoms with Gasteiger partial charge in [0.05, 0.1) is 12.3 Å². The van der Waals surface area contributed by atoms with E-state index in [1.54, 1.807) is 6.26 Å². The van der Waals surface area contributed by atoms with Crippen LogP contribution in [0.15, 0.2) is 71.3 Å². The predicted molar refractivity (Wildman–Crippen MR) is 85.2 cm³/mol. The molecule has 0 radical (unpaired) electrons.